The number of anilines is 1. The van der Waals surface area contributed by atoms with Crippen molar-refractivity contribution in [2.24, 2.45) is 0 Å². The zero-order chi connectivity index (χ0) is 18.2. The summed E-state index contributed by atoms with van der Waals surface area (Å²) in [5, 5.41) is 2.90. The van der Waals surface area contributed by atoms with E-state index < -0.39 is 0 Å². The molecule has 0 aliphatic heterocycles. The topological polar surface area (TPSA) is 49.4 Å². The second kappa shape index (κ2) is 9.02. The highest BCUT2D eigenvalue weighted by atomic mass is 16.2. The molecule has 0 aliphatic rings. The van der Waals surface area contributed by atoms with Crippen LogP contribution in [-0.2, 0) is 16.0 Å². The summed E-state index contributed by atoms with van der Waals surface area (Å²) >= 11 is 0. The molecule has 132 valence electrons. The van der Waals surface area contributed by atoms with Gasteiger partial charge in [0.15, 0.2) is 0 Å². The normalized spacial score (nSPS) is 10.4. The van der Waals surface area contributed by atoms with Crippen LogP contribution >= 0.6 is 0 Å². The van der Waals surface area contributed by atoms with Crippen molar-refractivity contribution in [2.45, 2.75) is 33.6 Å². The molecule has 0 radical (unpaired) electrons. The maximum Gasteiger partial charge on any atom is 0.223 e. The van der Waals surface area contributed by atoms with Crippen molar-refractivity contribution >= 4 is 17.5 Å². The zero-order valence-electron chi connectivity index (χ0n) is 15.2. The van der Waals surface area contributed by atoms with Gasteiger partial charge in [0, 0.05) is 32.1 Å². The number of aryl methyl sites for hydroxylation is 3. The Morgan fingerprint density at radius 1 is 1.00 bits per heavy atom. The predicted molar refractivity (Wildman–Crippen MR) is 102 cm³/mol. The number of nitrogens with zero attached hydrogens (tertiary/aromatic N) is 1. The number of hydrogen-bond acceptors (Lipinski definition) is 2. The fourth-order valence-electron chi connectivity index (χ4n) is 2.87. The van der Waals surface area contributed by atoms with Gasteiger partial charge in [0.2, 0.25) is 11.8 Å². The molecule has 1 N–H and O–H groups in total. The summed E-state index contributed by atoms with van der Waals surface area (Å²) in [6.07, 6.45) is 1.17. The number of benzene rings is 2. The highest BCUT2D eigenvalue weighted by molar-refractivity contribution is 5.91. The van der Waals surface area contributed by atoms with E-state index in [9.17, 15) is 9.59 Å². The molecule has 0 fully saturated rings. The monoisotopic (exact) mass is 338 g/mol. The van der Waals surface area contributed by atoms with E-state index in [-0.39, 0.29) is 11.8 Å². The Kier molecular flexibility index (Phi) is 6.75. The average molecular weight is 338 g/mol. The summed E-state index contributed by atoms with van der Waals surface area (Å²) in [6, 6.07) is 16.0. The maximum absolute atomic E-state index is 12.0. The summed E-state index contributed by atoms with van der Waals surface area (Å²) in [6.45, 7) is 6.49. The average Bonchev–Trinajstić information content (AvgIpc) is 2.56. The molecule has 0 aliphatic carbocycles. The van der Waals surface area contributed by atoms with Gasteiger partial charge < -0.3 is 10.2 Å². The molecular formula is C21H26N2O2. The molecule has 0 unspecified atom stereocenters. The molecule has 0 saturated carbocycles. The second-order valence-electron chi connectivity index (χ2n) is 6.35. The molecule has 4 nitrogen and oxygen atoms in total. The van der Waals surface area contributed by atoms with Crippen LogP contribution in [0.5, 0.6) is 0 Å². The number of carbonyl (C=O) groups is 2. The molecule has 0 atom stereocenters. The lowest BCUT2D eigenvalue weighted by atomic mass is 10.1. The van der Waals surface area contributed by atoms with Gasteiger partial charge in [-0.2, -0.15) is 0 Å². The molecule has 2 aromatic carbocycles. The summed E-state index contributed by atoms with van der Waals surface area (Å²) in [5.74, 6) is -0.0173. The lowest BCUT2D eigenvalue weighted by Gasteiger charge is -2.22. The minimum Gasteiger partial charge on any atom is -0.354 e. The molecule has 2 rings (SSSR count). The van der Waals surface area contributed by atoms with Crippen LogP contribution in [0, 0.1) is 13.8 Å². The lowest BCUT2D eigenvalue weighted by Crippen LogP contribution is -2.37. The molecule has 0 heterocycles. The number of hydrogen-bond donors (Lipinski definition) is 1. The van der Waals surface area contributed by atoms with Crippen molar-refractivity contribution in [3.63, 3.8) is 0 Å². The fraction of sp³-hybridized carbons (Fsp3) is 0.333. The van der Waals surface area contributed by atoms with Gasteiger partial charge in [-0.1, -0.05) is 36.4 Å². The Labute approximate surface area is 149 Å². The Bertz CT molecular complexity index is 706. The van der Waals surface area contributed by atoms with E-state index in [1.165, 1.54) is 0 Å². The fourth-order valence-corrected chi connectivity index (χ4v) is 2.87. The van der Waals surface area contributed by atoms with Crippen LogP contribution in [0.3, 0.4) is 0 Å². The van der Waals surface area contributed by atoms with Gasteiger partial charge in [-0.15, -0.1) is 0 Å². The molecule has 2 amide bonds. The van der Waals surface area contributed by atoms with Gasteiger partial charge >= 0.3 is 0 Å². The van der Waals surface area contributed by atoms with Crippen LogP contribution in [0.1, 0.15) is 30.0 Å². The third kappa shape index (κ3) is 6.07. The van der Waals surface area contributed by atoms with E-state index in [4.69, 9.17) is 0 Å². The van der Waals surface area contributed by atoms with Gasteiger partial charge in [0.1, 0.15) is 0 Å². The number of rotatable bonds is 7. The highest BCUT2D eigenvalue weighted by Crippen LogP contribution is 2.18. The first-order valence-corrected chi connectivity index (χ1v) is 8.63. The smallest absolute Gasteiger partial charge is 0.223 e. The lowest BCUT2D eigenvalue weighted by molar-refractivity contribution is -0.121. The highest BCUT2D eigenvalue weighted by Gasteiger charge is 2.12. The van der Waals surface area contributed by atoms with Gasteiger partial charge in [0.05, 0.1) is 0 Å². The number of carbonyl (C=O) groups excluding carboxylic acids is 2. The molecule has 0 spiro atoms. The second-order valence-corrected chi connectivity index (χ2v) is 6.35. The largest absolute Gasteiger partial charge is 0.354 e. The first-order valence-electron chi connectivity index (χ1n) is 8.63. The van der Waals surface area contributed by atoms with Gasteiger partial charge in [-0.25, -0.2) is 0 Å². The van der Waals surface area contributed by atoms with E-state index in [1.54, 1.807) is 11.8 Å². The summed E-state index contributed by atoms with van der Waals surface area (Å²) in [5.41, 5.74) is 4.27. The minimum atomic E-state index is -0.0245. The van der Waals surface area contributed by atoms with E-state index in [0.29, 0.717) is 19.5 Å². The van der Waals surface area contributed by atoms with E-state index in [1.807, 2.05) is 56.3 Å². The van der Waals surface area contributed by atoms with Gasteiger partial charge in [-0.05, 0) is 49.1 Å². The Hall–Kier alpha value is -2.62. The first kappa shape index (κ1) is 18.7. The van der Waals surface area contributed by atoms with Crippen LogP contribution in [0.15, 0.2) is 48.5 Å². The molecule has 0 aromatic heterocycles. The van der Waals surface area contributed by atoms with Gasteiger partial charge in [0.25, 0.3) is 0 Å². The van der Waals surface area contributed by atoms with Crippen LogP contribution in [-0.4, -0.2) is 24.9 Å². The van der Waals surface area contributed by atoms with Crippen molar-refractivity contribution in [3.8, 4) is 0 Å². The zero-order valence-corrected chi connectivity index (χ0v) is 15.2. The van der Waals surface area contributed by atoms with Crippen molar-refractivity contribution in [3.05, 3.63) is 65.2 Å². The quantitative estimate of drug-likeness (QED) is 0.841. The Morgan fingerprint density at radius 2 is 1.64 bits per heavy atom. The van der Waals surface area contributed by atoms with Crippen LogP contribution < -0.4 is 10.2 Å². The SMILES string of the molecule is CC(=O)N(CCNC(=O)CCc1ccccc1)c1cc(C)cc(C)c1. The molecule has 2 aromatic rings. The number of nitrogens with one attached hydrogen (secondary N) is 1. The Morgan fingerprint density at radius 3 is 2.24 bits per heavy atom. The van der Waals surface area contributed by atoms with Crippen LogP contribution in [0.2, 0.25) is 0 Å². The van der Waals surface area contributed by atoms with E-state index in [2.05, 4.69) is 11.4 Å². The van der Waals surface area contributed by atoms with Crippen molar-refractivity contribution in [1.82, 2.24) is 5.32 Å². The molecule has 0 bridgehead atoms. The number of amides is 2. The van der Waals surface area contributed by atoms with Crippen molar-refractivity contribution in [2.75, 3.05) is 18.0 Å². The Balaban J connectivity index is 1.85. The van der Waals surface area contributed by atoms with Crippen LogP contribution in [0.4, 0.5) is 5.69 Å². The molecule has 4 heteroatoms. The molecule has 0 saturated heterocycles. The third-order valence-corrected chi connectivity index (χ3v) is 4.04. The summed E-state index contributed by atoms with van der Waals surface area (Å²) < 4.78 is 0. The van der Waals surface area contributed by atoms with Crippen molar-refractivity contribution < 1.29 is 9.59 Å². The van der Waals surface area contributed by atoms with Gasteiger partial charge in [-0.3, -0.25) is 9.59 Å². The van der Waals surface area contributed by atoms with Crippen LogP contribution in [0.25, 0.3) is 0 Å². The van der Waals surface area contributed by atoms with E-state index >= 15 is 0 Å². The maximum atomic E-state index is 12.0. The summed E-state index contributed by atoms with van der Waals surface area (Å²) in [7, 11) is 0. The minimum absolute atomic E-state index is 0.00720. The molecule has 25 heavy (non-hydrogen) atoms. The van der Waals surface area contributed by atoms with Crippen molar-refractivity contribution in [1.29, 1.82) is 0 Å². The standard InChI is InChI=1S/C21H26N2O2/c1-16-13-17(2)15-20(14-16)23(18(3)24)12-11-22-21(25)10-9-19-7-5-4-6-8-19/h4-8,13-15H,9-12H2,1-3H3,(H,22,25). The third-order valence-electron chi connectivity index (χ3n) is 4.04. The molecular weight excluding hydrogens is 312 g/mol. The van der Waals surface area contributed by atoms with E-state index in [0.717, 1.165) is 28.8 Å². The predicted octanol–water partition coefficient (Wildman–Crippen LogP) is 3.41. The first-order chi connectivity index (χ1) is 12.0. The summed E-state index contributed by atoms with van der Waals surface area (Å²) in [4.78, 5) is 25.7.